The van der Waals surface area contributed by atoms with Crippen molar-refractivity contribution in [1.29, 1.82) is 0 Å². The van der Waals surface area contributed by atoms with Crippen LogP contribution in [-0.2, 0) is 10.0 Å². The Kier molecular flexibility index (Phi) is 5.11. The van der Waals surface area contributed by atoms with Crippen molar-refractivity contribution >= 4 is 10.0 Å². The molecule has 0 atom stereocenters. The molecule has 0 aliphatic heterocycles. The highest BCUT2D eigenvalue weighted by Gasteiger charge is 2.15. The molecule has 0 saturated heterocycles. The first kappa shape index (κ1) is 14.2. The molecule has 0 aliphatic rings. The molecule has 96 valence electrons. The Morgan fingerprint density at radius 2 is 1.88 bits per heavy atom. The zero-order valence-corrected chi connectivity index (χ0v) is 11.4. The van der Waals surface area contributed by atoms with E-state index in [1.807, 2.05) is 33.0 Å². The lowest BCUT2D eigenvalue weighted by Gasteiger charge is -2.10. The highest BCUT2D eigenvalue weighted by atomic mass is 32.2. The molecule has 0 radical (unpaired) electrons. The number of hydrogen-bond acceptors (Lipinski definition) is 3. The molecule has 0 unspecified atom stereocenters. The van der Waals surface area contributed by atoms with E-state index in [-0.39, 0.29) is 0 Å². The maximum atomic E-state index is 12.0. The summed E-state index contributed by atoms with van der Waals surface area (Å²) in [6.45, 7) is 4.95. The lowest BCUT2D eigenvalue weighted by molar-refractivity contribution is 0.576. The van der Waals surface area contributed by atoms with Gasteiger partial charge >= 0.3 is 0 Å². The van der Waals surface area contributed by atoms with Crippen molar-refractivity contribution in [2.75, 3.05) is 20.1 Å². The summed E-state index contributed by atoms with van der Waals surface area (Å²) < 4.78 is 26.7. The number of hydrogen-bond donors (Lipinski definition) is 2. The topological polar surface area (TPSA) is 58.2 Å². The summed E-state index contributed by atoms with van der Waals surface area (Å²) in [6, 6.07) is 5.45. The van der Waals surface area contributed by atoms with Gasteiger partial charge in [-0.05, 0) is 51.1 Å². The fraction of sp³-hybridized carbons (Fsp3) is 0.500. The molecule has 0 bridgehead atoms. The van der Waals surface area contributed by atoms with Crippen LogP contribution < -0.4 is 10.0 Å². The molecular formula is C12H20N2O2S. The average molecular weight is 256 g/mol. The van der Waals surface area contributed by atoms with Gasteiger partial charge in [-0.25, -0.2) is 13.1 Å². The summed E-state index contributed by atoms with van der Waals surface area (Å²) in [7, 11) is -1.53. The zero-order valence-electron chi connectivity index (χ0n) is 10.6. The van der Waals surface area contributed by atoms with Gasteiger partial charge in [0.05, 0.1) is 4.90 Å². The molecule has 2 N–H and O–H groups in total. The predicted molar refractivity (Wildman–Crippen MR) is 69.6 cm³/mol. The van der Waals surface area contributed by atoms with Crippen molar-refractivity contribution in [3.63, 3.8) is 0 Å². The Balaban J connectivity index is 2.79. The van der Waals surface area contributed by atoms with Gasteiger partial charge in [0, 0.05) is 6.54 Å². The van der Waals surface area contributed by atoms with Crippen LogP contribution in [0.5, 0.6) is 0 Å². The van der Waals surface area contributed by atoms with E-state index in [2.05, 4.69) is 10.0 Å². The lowest BCUT2D eigenvalue weighted by atomic mass is 10.2. The molecular weight excluding hydrogens is 236 g/mol. The highest BCUT2D eigenvalue weighted by molar-refractivity contribution is 7.89. The molecule has 0 amide bonds. The van der Waals surface area contributed by atoms with Crippen LogP contribution >= 0.6 is 0 Å². The Bertz CT molecular complexity index is 469. The van der Waals surface area contributed by atoms with Gasteiger partial charge in [-0.1, -0.05) is 12.1 Å². The Labute approximate surface area is 103 Å². The van der Waals surface area contributed by atoms with Crippen LogP contribution in [0.15, 0.2) is 23.1 Å². The third-order valence-corrected chi connectivity index (χ3v) is 4.13. The summed E-state index contributed by atoms with van der Waals surface area (Å²) >= 11 is 0. The highest BCUT2D eigenvalue weighted by Crippen LogP contribution is 2.16. The normalized spacial score (nSPS) is 11.7. The van der Waals surface area contributed by atoms with Crippen molar-refractivity contribution in [3.05, 3.63) is 29.3 Å². The molecule has 17 heavy (non-hydrogen) atoms. The monoisotopic (exact) mass is 256 g/mol. The summed E-state index contributed by atoms with van der Waals surface area (Å²) in [5, 5.41) is 2.98. The fourth-order valence-corrected chi connectivity index (χ4v) is 2.95. The Hall–Kier alpha value is -0.910. The minimum absolute atomic E-state index is 0.377. The maximum absolute atomic E-state index is 12.0. The number of benzene rings is 1. The van der Waals surface area contributed by atoms with Gasteiger partial charge in [0.2, 0.25) is 10.0 Å². The SMILES string of the molecule is CNCCCNS(=O)(=O)c1cc(C)ccc1C. The number of sulfonamides is 1. The average Bonchev–Trinajstić information content (AvgIpc) is 2.28. The second kappa shape index (κ2) is 6.14. The third kappa shape index (κ3) is 4.11. The van der Waals surface area contributed by atoms with Crippen molar-refractivity contribution < 1.29 is 8.42 Å². The minimum atomic E-state index is -3.37. The Morgan fingerprint density at radius 1 is 1.18 bits per heavy atom. The summed E-state index contributed by atoms with van der Waals surface area (Å²) in [6.07, 6.45) is 0.778. The maximum Gasteiger partial charge on any atom is 0.240 e. The molecule has 4 nitrogen and oxygen atoms in total. The molecule has 1 aromatic carbocycles. The first-order valence-corrected chi connectivity index (χ1v) is 7.17. The second-order valence-electron chi connectivity index (χ2n) is 4.12. The van der Waals surface area contributed by atoms with Gasteiger partial charge in [0.15, 0.2) is 0 Å². The van der Waals surface area contributed by atoms with Gasteiger partial charge in [0.25, 0.3) is 0 Å². The van der Waals surface area contributed by atoms with Gasteiger partial charge < -0.3 is 5.32 Å². The van der Waals surface area contributed by atoms with E-state index < -0.39 is 10.0 Å². The molecule has 5 heteroatoms. The van der Waals surface area contributed by atoms with Crippen LogP contribution in [0.3, 0.4) is 0 Å². The van der Waals surface area contributed by atoms with Gasteiger partial charge in [0.1, 0.15) is 0 Å². The van der Waals surface area contributed by atoms with E-state index in [1.54, 1.807) is 6.07 Å². The van der Waals surface area contributed by atoms with Crippen molar-refractivity contribution in [3.8, 4) is 0 Å². The van der Waals surface area contributed by atoms with Crippen molar-refractivity contribution in [2.45, 2.75) is 25.2 Å². The van der Waals surface area contributed by atoms with Crippen molar-refractivity contribution in [2.24, 2.45) is 0 Å². The van der Waals surface area contributed by atoms with Crippen LogP contribution in [0.2, 0.25) is 0 Å². The summed E-state index contributed by atoms with van der Waals surface area (Å²) in [5.41, 5.74) is 1.72. The molecule has 0 fully saturated rings. The number of aryl methyl sites for hydroxylation is 2. The fourth-order valence-electron chi connectivity index (χ4n) is 1.55. The van der Waals surface area contributed by atoms with E-state index in [4.69, 9.17) is 0 Å². The van der Waals surface area contributed by atoms with Gasteiger partial charge in [-0.15, -0.1) is 0 Å². The molecule has 0 saturated carbocycles. The van der Waals surface area contributed by atoms with Crippen LogP contribution in [-0.4, -0.2) is 28.6 Å². The molecule has 0 aliphatic carbocycles. The van der Waals surface area contributed by atoms with E-state index in [0.717, 1.165) is 24.1 Å². The van der Waals surface area contributed by atoms with Gasteiger partial charge in [-0.2, -0.15) is 0 Å². The predicted octanol–water partition coefficient (Wildman–Crippen LogP) is 1.19. The summed E-state index contributed by atoms with van der Waals surface area (Å²) in [4.78, 5) is 0.377. The number of nitrogens with one attached hydrogen (secondary N) is 2. The molecule has 0 spiro atoms. The van der Waals surface area contributed by atoms with E-state index in [0.29, 0.717) is 11.4 Å². The largest absolute Gasteiger partial charge is 0.320 e. The quantitative estimate of drug-likeness (QED) is 0.752. The number of rotatable bonds is 6. The standard InChI is InChI=1S/C12H20N2O2S/c1-10-5-6-11(2)12(9-10)17(15,16)14-8-4-7-13-3/h5-6,9,13-14H,4,7-8H2,1-3H3. The lowest BCUT2D eigenvalue weighted by Crippen LogP contribution is -2.27. The Morgan fingerprint density at radius 3 is 2.53 bits per heavy atom. The zero-order chi connectivity index (χ0) is 12.9. The minimum Gasteiger partial charge on any atom is -0.320 e. The third-order valence-electron chi connectivity index (χ3n) is 2.53. The van der Waals surface area contributed by atoms with Gasteiger partial charge in [-0.3, -0.25) is 0 Å². The van der Waals surface area contributed by atoms with E-state index >= 15 is 0 Å². The van der Waals surface area contributed by atoms with E-state index in [9.17, 15) is 8.42 Å². The molecule has 0 aromatic heterocycles. The van der Waals surface area contributed by atoms with Crippen LogP contribution in [0.1, 0.15) is 17.5 Å². The second-order valence-corrected chi connectivity index (χ2v) is 5.86. The van der Waals surface area contributed by atoms with E-state index in [1.165, 1.54) is 0 Å². The molecule has 1 rings (SSSR count). The first-order chi connectivity index (χ1) is 7.97. The van der Waals surface area contributed by atoms with Crippen LogP contribution in [0, 0.1) is 13.8 Å². The molecule has 0 heterocycles. The smallest absolute Gasteiger partial charge is 0.240 e. The van der Waals surface area contributed by atoms with Crippen LogP contribution in [0.4, 0.5) is 0 Å². The molecule has 1 aromatic rings. The van der Waals surface area contributed by atoms with Crippen LogP contribution in [0.25, 0.3) is 0 Å². The van der Waals surface area contributed by atoms with Crippen molar-refractivity contribution in [1.82, 2.24) is 10.0 Å². The first-order valence-electron chi connectivity index (χ1n) is 5.69. The summed E-state index contributed by atoms with van der Waals surface area (Å²) in [5.74, 6) is 0.